The molecule has 18 heavy (non-hydrogen) atoms. The predicted octanol–water partition coefficient (Wildman–Crippen LogP) is 3.12. The van der Waals surface area contributed by atoms with Crippen molar-refractivity contribution in [2.45, 2.75) is 6.42 Å². The maximum atomic E-state index is 11.9. The lowest BCUT2D eigenvalue weighted by Crippen LogP contribution is -2.11. The van der Waals surface area contributed by atoms with E-state index in [-0.39, 0.29) is 11.1 Å². The SMILES string of the molecule is O=C(Nc1ccc2c(c1)CCO2)c1ccoc1Cl. The zero-order valence-corrected chi connectivity index (χ0v) is 10.2. The molecule has 0 saturated carbocycles. The fourth-order valence-electron chi connectivity index (χ4n) is 1.92. The summed E-state index contributed by atoms with van der Waals surface area (Å²) in [4.78, 5) is 11.9. The zero-order chi connectivity index (χ0) is 12.5. The minimum Gasteiger partial charge on any atom is -0.493 e. The third-order valence-corrected chi connectivity index (χ3v) is 3.10. The molecule has 3 rings (SSSR count). The van der Waals surface area contributed by atoms with Gasteiger partial charge in [-0.15, -0.1) is 0 Å². The molecule has 1 N–H and O–H groups in total. The van der Waals surface area contributed by atoms with Gasteiger partial charge in [0, 0.05) is 12.1 Å². The van der Waals surface area contributed by atoms with Crippen LogP contribution in [0.2, 0.25) is 5.22 Å². The topological polar surface area (TPSA) is 51.5 Å². The number of carbonyl (C=O) groups is 1. The van der Waals surface area contributed by atoms with Crippen molar-refractivity contribution in [1.82, 2.24) is 0 Å². The Balaban J connectivity index is 1.81. The first-order chi connectivity index (χ1) is 8.74. The van der Waals surface area contributed by atoms with E-state index in [9.17, 15) is 4.79 Å². The third-order valence-electron chi connectivity index (χ3n) is 2.81. The van der Waals surface area contributed by atoms with E-state index in [1.54, 1.807) is 6.07 Å². The van der Waals surface area contributed by atoms with Crippen LogP contribution >= 0.6 is 11.6 Å². The van der Waals surface area contributed by atoms with Crippen LogP contribution in [0.15, 0.2) is 34.9 Å². The van der Waals surface area contributed by atoms with E-state index in [0.29, 0.717) is 12.2 Å². The highest BCUT2D eigenvalue weighted by Crippen LogP contribution is 2.28. The smallest absolute Gasteiger partial charge is 0.260 e. The van der Waals surface area contributed by atoms with Gasteiger partial charge in [-0.25, -0.2) is 0 Å². The van der Waals surface area contributed by atoms with Gasteiger partial charge >= 0.3 is 0 Å². The number of anilines is 1. The number of rotatable bonds is 2. The number of halogens is 1. The normalized spacial score (nSPS) is 12.9. The molecule has 2 aromatic rings. The summed E-state index contributed by atoms with van der Waals surface area (Å²) in [5, 5.41) is 2.87. The van der Waals surface area contributed by atoms with Crippen LogP contribution in [0.1, 0.15) is 15.9 Å². The molecule has 92 valence electrons. The third kappa shape index (κ3) is 1.95. The minimum absolute atomic E-state index is 0.0944. The van der Waals surface area contributed by atoms with Crippen LogP contribution in [-0.4, -0.2) is 12.5 Å². The predicted molar refractivity (Wildman–Crippen MR) is 67.3 cm³/mol. The van der Waals surface area contributed by atoms with E-state index in [0.717, 1.165) is 23.4 Å². The summed E-state index contributed by atoms with van der Waals surface area (Å²) >= 11 is 5.75. The zero-order valence-electron chi connectivity index (χ0n) is 9.40. The number of nitrogens with one attached hydrogen (secondary N) is 1. The highest BCUT2D eigenvalue weighted by atomic mass is 35.5. The summed E-state index contributed by atoms with van der Waals surface area (Å²) in [6.07, 6.45) is 2.25. The van der Waals surface area contributed by atoms with Gasteiger partial charge in [0.2, 0.25) is 5.22 Å². The number of carbonyl (C=O) groups excluding carboxylic acids is 1. The molecule has 1 aromatic carbocycles. The molecule has 1 aliphatic rings. The second-order valence-corrected chi connectivity index (χ2v) is 4.33. The fraction of sp³-hybridized carbons (Fsp3) is 0.154. The molecule has 1 aromatic heterocycles. The Hall–Kier alpha value is -1.94. The Labute approximate surface area is 109 Å². The summed E-state index contributed by atoms with van der Waals surface area (Å²) in [7, 11) is 0. The van der Waals surface area contributed by atoms with Crippen molar-refractivity contribution in [2.75, 3.05) is 11.9 Å². The van der Waals surface area contributed by atoms with Crippen LogP contribution in [-0.2, 0) is 6.42 Å². The van der Waals surface area contributed by atoms with Gasteiger partial charge in [-0.3, -0.25) is 4.79 Å². The van der Waals surface area contributed by atoms with Crippen molar-refractivity contribution in [3.63, 3.8) is 0 Å². The maximum Gasteiger partial charge on any atom is 0.260 e. The second-order valence-electron chi connectivity index (χ2n) is 3.98. The molecule has 4 nitrogen and oxygen atoms in total. The first-order valence-electron chi connectivity index (χ1n) is 5.54. The molecule has 5 heteroatoms. The van der Waals surface area contributed by atoms with Crippen molar-refractivity contribution in [2.24, 2.45) is 0 Å². The van der Waals surface area contributed by atoms with Crippen LogP contribution in [0.3, 0.4) is 0 Å². The number of fused-ring (bicyclic) bond motifs is 1. The molecule has 1 amide bonds. The first-order valence-corrected chi connectivity index (χ1v) is 5.92. The summed E-state index contributed by atoms with van der Waals surface area (Å²) in [6.45, 7) is 0.695. The van der Waals surface area contributed by atoms with Crippen LogP contribution < -0.4 is 10.1 Å². The lowest BCUT2D eigenvalue weighted by Gasteiger charge is -2.05. The van der Waals surface area contributed by atoms with E-state index in [2.05, 4.69) is 5.32 Å². The van der Waals surface area contributed by atoms with Gasteiger partial charge in [0.25, 0.3) is 5.91 Å². The first kappa shape index (κ1) is 11.2. The van der Waals surface area contributed by atoms with E-state index >= 15 is 0 Å². The van der Waals surface area contributed by atoms with Gasteiger partial charge in [0.1, 0.15) is 5.75 Å². The molecule has 1 aliphatic heterocycles. The average molecular weight is 264 g/mol. The number of ether oxygens (including phenoxy) is 1. The lowest BCUT2D eigenvalue weighted by molar-refractivity contribution is 0.102. The van der Waals surface area contributed by atoms with Crippen molar-refractivity contribution >= 4 is 23.2 Å². The Bertz CT molecular complexity index is 606. The molecule has 0 aliphatic carbocycles. The highest BCUT2D eigenvalue weighted by molar-refractivity contribution is 6.32. The lowest BCUT2D eigenvalue weighted by atomic mass is 10.1. The maximum absolute atomic E-state index is 11.9. The van der Waals surface area contributed by atoms with Crippen molar-refractivity contribution in [3.05, 3.63) is 46.9 Å². The van der Waals surface area contributed by atoms with Gasteiger partial charge in [-0.1, -0.05) is 0 Å². The summed E-state index contributed by atoms with van der Waals surface area (Å²) in [6, 6.07) is 7.10. The standard InChI is InChI=1S/C13H10ClNO3/c14-12-10(4-6-18-12)13(16)15-9-1-2-11-8(7-9)3-5-17-11/h1-2,4,6-7H,3,5H2,(H,15,16). The fourth-order valence-corrected chi connectivity index (χ4v) is 2.12. The molecule has 0 saturated heterocycles. The van der Waals surface area contributed by atoms with Gasteiger partial charge in [0.15, 0.2) is 0 Å². The van der Waals surface area contributed by atoms with Crippen molar-refractivity contribution in [3.8, 4) is 5.75 Å². The minimum atomic E-state index is -0.285. The molecule has 2 heterocycles. The number of hydrogen-bond acceptors (Lipinski definition) is 3. The monoisotopic (exact) mass is 263 g/mol. The molecule has 0 spiro atoms. The quantitative estimate of drug-likeness (QED) is 0.906. The summed E-state index contributed by atoms with van der Waals surface area (Å²) < 4.78 is 10.3. The molecule has 0 unspecified atom stereocenters. The van der Waals surface area contributed by atoms with Crippen LogP contribution in [0.4, 0.5) is 5.69 Å². The largest absolute Gasteiger partial charge is 0.493 e. The average Bonchev–Trinajstić information content (AvgIpc) is 2.96. The molecule has 0 radical (unpaired) electrons. The second kappa shape index (κ2) is 4.38. The number of amides is 1. The molecular weight excluding hydrogens is 254 g/mol. The van der Waals surface area contributed by atoms with Gasteiger partial charge in [-0.2, -0.15) is 0 Å². The Kier molecular flexibility index (Phi) is 2.72. The van der Waals surface area contributed by atoms with E-state index in [4.69, 9.17) is 20.8 Å². The number of benzene rings is 1. The van der Waals surface area contributed by atoms with Gasteiger partial charge < -0.3 is 14.5 Å². The Morgan fingerprint density at radius 1 is 1.33 bits per heavy atom. The Morgan fingerprint density at radius 3 is 3.00 bits per heavy atom. The van der Waals surface area contributed by atoms with Crippen LogP contribution in [0.5, 0.6) is 5.75 Å². The van der Waals surface area contributed by atoms with E-state index in [1.165, 1.54) is 12.3 Å². The van der Waals surface area contributed by atoms with Crippen LogP contribution in [0, 0.1) is 0 Å². The van der Waals surface area contributed by atoms with Gasteiger partial charge in [-0.05, 0) is 41.4 Å². The number of hydrogen-bond donors (Lipinski definition) is 1. The van der Waals surface area contributed by atoms with Gasteiger partial charge in [0.05, 0.1) is 18.4 Å². The van der Waals surface area contributed by atoms with Crippen molar-refractivity contribution < 1.29 is 13.9 Å². The molecule has 0 bridgehead atoms. The molecular formula is C13H10ClNO3. The number of furan rings is 1. The van der Waals surface area contributed by atoms with E-state index in [1.807, 2.05) is 12.1 Å². The molecule has 0 fully saturated rings. The van der Waals surface area contributed by atoms with Crippen LogP contribution in [0.25, 0.3) is 0 Å². The van der Waals surface area contributed by atoms with Crippen molar-refractivity contribution in [1.29, 1.82) is 0 Å². The van der Waals surface area contributed by atoms with E-state index < -0.39 is 0 Å². The summed E-state index contributed by atoms with van der Waals surface area (Å²) in [5.74, 6) is 0.599. The highest BCUT2D eigenvalue weighted by Gasteiger charge is 2.15. The molecule has 0 atom stereocenters. The summed E-state index contributed by atoms with van der Waals surface area (Å²) in [5.41, 5.74) is 2.15. The Morgan fingerprint density at radius 2 is 2.22 bits per heavy atom.